The van der Waals surface area contributed by atoms with Crippen molar-refractivity contribution in [3.63, 3.8) is 0 Å². The average Bonchev–Trinajstić information content (AvgIpc) is 2.75. The first kappa shape index (κ1) is 14.2. The maximum absolute atomic E-state index is 12.8. The second-order valence-electron chi connectivity index (χ2n) is 4.94. The first-order valence-electron chi connectivity index (χ1n) is 6.40. The number of hydrogen-bond acceptors (Lipinski definition) is 3. The summed E-state index contributed by atoms with van der Waals surface area (Å²) < 4.78 is 31.2. The van der Waals surface area contributed by atoms with Crippen molar-refractivity contribution in [2.45, 2.75) is 23.6 Å². The zero-order valence-electron chi connectivity index (χ0n) is 11.6. The molecule has 3 nitrogen and oxygen atoms in total. The SMILES string of the molecule is Cc1ccc(S(=O)(=O)c2c(C)oc3ccc(Cl)cc23)cc1. The minimum Gasteiger partial charge on any atom is -0.460 e. The van der Waals surface area contributed by atoms with Crippen LogP contribution in [0.1, 0.15) is 11.3 Å². The molecule has 0 aliphatic carbocycles. The fraction of sp³-hybridized carbons (Fsp3) is 0.125. The van der Waals surface area contributed by atoms with Crippen molar-refractivity contribution in [1.29, 1.82) is 0 Å². The van der Waals surface area contributed by atoms with Gasteiger partial charge in [0.1, 0.15) is 16.2 Å². The molecule has 1 aromatic heterocycles. The van der Waals surface area contributed by atoms with Gasteiger partial charge in [-0.2, -0.15) is 0 Å². The van der Waals surface area contributed by atoms with Crippen molar-refractivity contribution in [2.24, 2.45) is 0 Å². The number of aryl methyl sites for hydroxylation is 2. The molecule has 0 fully saturated rings. The molecule has 0 atom stereocenters. The molecule has 0 radical (unpaired) electrons. The van der Waals surface area contributed by atoms with E-state index in [1.54, 1.807) is 49.4 Å². The Bertz CT molecular complexity index is 922. The third-order valence-electron chi connectivity index (χ3n) is 3.37. The molecule has 21 heavy (non-hydrogen) atoms. The number of benzene rings is 2. The Balaban J connectivity index is 2.30. The maximum atomic E-state index is 12.8. The normalized spacial score (nSPS) is 12.0. The van der Waals surface area contributed by atoms with Crippen LogP contribution in [0.5, 0.6) is 0 Å². The number of sulfone groups is 1. The van der Waals surface area contributed by atoms with Gasteiger partial charge < -0.3 is 4.42 Å². The Morgan fingerprint density at radius 1 is 1.00 bits per heavy atom. The van der Waals surface area contributed by atoms with E-state index in [2.05, 4.69) is 0 Å². The van der Waals surface area contributed by atoms with Crippen LogP contribution in [0, 0.1) is 13.8 Å². The summed E-state index contributed by atoms with van der Waals surface area (Å²) in [6.07, 6.45) is 0. The molecule has 1 heterocycles. The zero-order valence-corrected chi connectivity index (χ0v) is 13.1. The molecule has 0 aliphatic heterocycles. The van der Waals surface area contributed by atoms with E-state index in [0.717, 1.165) is 5.56 Å². The van der Waals surface area contributed by atoms with Gasteiger partial charge in [-0.1, -0.05) is 29.3 Å². The Morgan fingerprint density at radius 3 is 2.33 bits per heavy atom. The Hall–Kier alpha value is -1.78. The highest BCUT2D eigenvalue weighted by molar-refractivity contribution is 7.91. The van der Waals surface area contributed by atoms with Gasteiger partial charge in [0.25, 0.3) is 0 Å². The summed E-state index contributed by atoms with van der Waals surface area (Å²) >= 11 is 5.98. The van der Waals surface area contributed by atoms with Crippen LogP contribution < -0.4 is 0 Å². The van der Waals surface area contributed by atoms with Gasteiger partial charge in [-0.05, 0) is 44.2 Å². The highest BCUT2D eigenvalue weighted by Crippen LogP contribution is 2.34. The van der Waals surface area contributed by atoms with Gasteiger partial charge in [-0.3, -0.25) is 0 Å². The predicted octanol–water partition coefficient (Wildman–Crippen LogP) is 4.54. The molecule has 0 aliphatic rings. The second-order valence-corrected chi connectivity index (χ2v) is 7.27. The predicted molar refractivity (Wildman–Crippen MR) is 82.6 cm³/mol. The van der Waals surface area contributed by atoms with Gasteiger partial charge in [-0.25, -0.2) is 8.42 Å². The maximum Gasteiger partial charge on any atom is 0.210 e. The summed E-state index contributed by atoms with van der Waals surface area (Å²) in [5.74, 6) is 0.368. The topological polar surface area (TPSA) is 47.3 Å². The molecule has 0 saturated heterocycles. The lowest BCUT2D eigenvalue weighted by Crippen LogP contribution is -2.02. The van der Waals surface area contributed by atoms with Crippen molar-refractivity contribution in [2.75, 3.05) is 0 Å². The quantitative estimate of drug-likeness (QED) is 0.696. The number of rotatable bonds is 2. The summed E-state index contributed by atoms with van der Waals surface area (Å²) in [7, 11) is -3.64. The second kappa shape index (κ2) is 4.90. The third-order valence-corrected chi connectivity index (χ3v) is 5.54. The lowest BCUT2D eigenvalue weighted by Gasteiger charge is -2.04. The highest BCUT2D eigenvalue weighted by Gasteiger charge is 2.26. The van der Waals surface area contributed by atoms with Crippen molar-refractivity contribution in [3.8, 4) is 0 Å². The van der Waals surface area contributed by atoms with Crippen LogP contribution in [0.4, 0.5) is 0 Å². The van der Waals surface area contributed by atoms with E-state index in [9.17, 15) is 8.42 Å². The minimum absolute atomic E-state index is 0.184. The molecule has 2 aromatic carbocycles. The lowest BCUT2D eigenvalue weighted by atomic mass is 10.2. The summed E-state index contributed by atoms with van der Waals surface area (Å²) in [5, 5.41) is 0.990. The molecule has 0 unspecified atom stereocenters. The summed E-state index contributed by atoms with van der Waals surface area (Å²) in [6.45, 7) is 3.56. The first-order chi connectivity index (χ1) is 9.89. The fourth-order valence-corrected chi connectivity index (χ4v) is 4.11. The lowest BCUT2D eigenvalue weighted by molar-refractivity contribution is 0.557. The summed E-state index contributed by atoms with van der Waals surface area (Å²) in [5.41, 5.74) is 1.52. The Labute approximate surface area is 128 Å². The van der Waals surface area contributed by atoms with Crippen LogP contribution in [-0.2, 0) is 9.84 Å². The van der Waals surface area contributed by atoms with Gasteiger partial charge in [0.15, 0.2) is 0 Å². The molecular formula is C16H13ClO3S. The van der Waals surface area contributed by atoms with Crippen LogP contribution >= 0.6 is 11.6 Å². The average molecular weight is 321 g/mol. The number of fused-ring (bicyclic) bond motifs is 1. The van der Waals surface area contributed by atoms with Crippen LogP contribution in [0.3, 0.4) is 0 Å². The molecule has 0 spiro atoms. The standard InChI is InChI=1S/C16H13ClO3S/c1-10-3-6-13(7-4-10)21(18,19)16-11(2)20-15-8-5-12(17)9-14(15)16/h3-9H,1-2H3. The van der Waals surface area contributed by atoms with Gasteiger partial charge in [0.2, 0.25) is 9.84 Å². The Kier molecular flexibility index (Phi) is 3.30. The molecule has 5 heteroatoms. The number of halogens is 1. The number of hydrogen-bond donors (Lipinski definition) is 0. The molecule has 108 valence electrons. The highest BCUT2D eigenvalue weighted by atomic mass is 35.5. The van der Waals surface area contributed by atoms with E-state index in [0.29, 0.717) is 21.8 Å². The van der Waals surface area contributed by atoms with Gasteiger partial charge in [0, 0.05) is 10.4 Å². The van der Waals surface area contributed by atoms with Crippen LogP contribution in [0.15, 0.2) is 56.7 Å². The molecule has 3 rings (SSSR count). The molecule has 0 bridgehead atoms. The summed E-state index contributed by atoms with van der Waals surface area (Å²) in [4.78, 5) is 0.433. The van der Waals surface area contributed by atoms with Crippen LogP contribution in [0.25, 0.3) is 11.0 Å². The van der Waals surface area contributed by atoms with Crippen molar-refractivity contribution in [1.82, 2.24) is 0 Å². The molecular weight excluding hydrogens is 308 g/mol. The monoisotopic (exact) mass is 320 g/mol. The van der Waals surface area contributed by atoms with Crippen molar-refractivity contribution in [3.05, 3.63) is 58.8 Å². The van der Waals surface area contributed by atoms with Gasteiger partial charge in [-0.15, -0.1) is 0 Å². The molecule has 0 saturated carbocycles. The largest absolute Gasteiger partial charge is 0.460 e. The third kappa shape index (κ3) is 2.34. The van der Waals surface area contributed by atoms with Crippen molar-refractivity contribution < 1.29 is 12.8 Å². The Morgan fingerprint density at radius 2 is 1.67 bits per heavy atom. The van der Waals surface area contributed by atoms with Crippen LogP contribution in [0.2, 0.25) is 5.02 Å². The van der Waals surface area contributed by atoms with E-state index >= 15 is 0 Å². The van der Waals surface area contributed by atoms with Crippen LogP contribution in [-0.4, -0.2) is 8.42 Å². The smallest absolute Gasteiger partial charge is 0.210 e. The van der Waals surface area contributed by atoms with Gasteiger partial charge in [0.05, 0.1) is 4.90 Å². The molecule has 3 aromatic rings. The number of furan rings is 1. The molecule has 0 amide bonds. The summed E-state index contributed by atoms with van der Waals surface area (Å²) in [6, 6.07) is 11.7. The first-order valence-corrected chi connectivity index (χ1v) is 8.26. The van der Waals surface area contributed by atoms with E-state index < -0.39 is 9.84 Å². The van der Waals surface area contributed by atoms with Crippen molar-refractivity contribution >= 4 is 32.4 Å². The molecule has 0 N–H and O–H groups in total. The van der Waals surface area contributed by atoms with E-state index in [1.807, 2.05) is 6.92 Å². The van der Waals surface area contributed by atoms with E-state index in [1.165, 1.54) is 0 Å². The minimum atomic E-state index is -3.64. The fourth-order valence-electron chi connectivity index (χ4n) is 2.34. The zero-order chi connectivity index (χ0) is 15.2. The van der Waals surface area contributed by atoms with E-state index in [4.69, 9.17) is 16.0 Å². The van der Waals surface area contributed by atoms with E-state index in [-0.39, 0.29) is 9.79 Å². The van der Waals surface area contributed by atoms with Gasteiger partial charge >= 0.3 is 0 Å².